The Labute approximate surface area is 176 Å². The molecule has 2 aromatic rings. The van der Waals surface area contributed by atoms with E-state index in [-0.39, 0.29) is 17.7 Å². The molecule has 1 saturated carbocycles. The molecule has 0 unspecified atom stereocenters. The third kappa shape index (κ3) is 5.28. The Balaban J connectivity index is 1.51. The number of hydrogen-bond donors (Lipinski definition) is 1. The van der Waals surface area contributed by atoms with E-state index in [2.05, 4.69) is 15.5 Å². The SMILES string of the molecule is CSc1cnc(NC(=O)/C(=N/O[C@@H]2CCOC2)c2ccc(SC3CC3)cc2)s1. The van der Waals surface area contributed by atoms with Crippen molar-refractivity contribution in [3.05, 3.63) is 36.0 Å². The highest BCUT2D eigenvalue weighted by molar-refractivity contribution is 8.00. The van der Waals surface area contributed by atoms with E-state index in [1.54, 1.807) is 18.0 Å². The third-order valence-corrected chi connectivity index (χ3v) is 7.57. The van der Waals surface area contributed by atoms with Crippen molar-refractivity contribution in [3.8, 4) is 0 Å². The molecule has 1 aromatic heterocycles. The predicted molar refractivity (Wildman–Crippen MR) is 115 cm³/mol. The molecule has 0 bridgehead atoms. The zero-order valence-corrected chi connectivity index (χ0v) is 17.9. The summed E-state index contributed by atoms with van der Waals surface area (Å²) in [5.74, 6) is -0.330. The Morgan fingerprint density at radius 1 is 1.32 bits per heavy atom. The molecule has 1 aliphatic heterocycles. The second kappa shape index (κ2) is 9.30. The first-order valence-corrected chi connectivity index (χ1v) is 12.0. The molecule has 4 rings (SSSR count). The summed E-state index contributed by atoms with van der Waals surface area (Å²) in [6.07, 6.45) is 6.95. The van der Waals surface area contributed by atoms with Crippen molar-refractivity contribution in [3.63, 3.8) is 0 Å². The van der Waals surface area contributed by atoms with Crippen LogP contribution < -0.4 is 5.32 Å². The van der Waals surface area contributed by atoms with E-state index in [0.29, 0.717) is 18.3 Å². The first kappa shape index (κ1) is 19.8. The van der Waals surface area contributed by atoms with Gasteiger partial charge in [-0.2, -0.15) is 0 Å². The van der Waals surface area contributed by atoms with Gasteiger partial charge in [0, 0.05) is 22.1 Å². The molecule has 0 spiro atoms. The summed E-state index contributed by atoms with van der Waals surface area (Å²) in [5.41, 5.74) is 0.967. The van der Waals surface area contributed by atoms with E-state index in [1.807, 2.05) is 42.3 Å². The lowest BCUT2D eigenvalue weighted by molar-refractivity contribution is -0.110. The molecule has 6 nitrogen and oxygen atoms in total. The van der Waals surface area contributed by atoms with Crippen molar-refractivity contribution in [1.82, 2.24) is 4.98 Å². The number of nitrogens with zero attached hydrogens (tertiary/aromatic N) is 2. The van der Waals surface area contributed by atoms with Crippen LogP contribution in [0.1, 0.15) is 24.8 Å². The van der Waals surface area contributed by atoms with E-state index in [4.69, 9.17) is 9.57 Å². The highest BCUT2D eigenvalue weighted by Gasteiger charge is 2.23. The van der Waals surface area contributed by atoms with Gasteiger partial charge in [-0.3, -0.25) is 10.1 Å². The number of aromatic nitrogens is 1. The molecule has 2 heterocycles. The zero-order chi connectivity index (χ0) is 19.3. The number of oxime groups is 1. The van der Waals surface area contributed by atoms with Crippen LogP contribution in [0.2, 0.25) is 0 Å². The van der Waals surface area contributed by atoms with E-state index >= 15 is 0 Å². The fourth-order valence-corrected chi connectivity index (χ4v) is 4.91. The normalized spacial score (nSPS) is 19.6. The molecule has 28 heavy (non-hydrogen) atoms. The van der Waals surface area contributed by atoms with E-state index in [1.165, 1.54) is 29.1 Å². The molecular weight excluding hydrogens is 414 g/mol. The number of ether oxygens (including phenoxy) is 1. The third-order valence-electron chi connectivity index (χ3n) is 4.26. The number of anilines is 1. The van der Waals surface area contributed by atoms with Gasteiger partial charge in [-0.15, -0.1) is 23.5 Å². The lowest BCUT2D eigenvalue weighted by Gasteiger charge is -2.10. The van der Waals surface area contributed by atoms with Crippen LogP contribution in [0.4, 0.5) is 5.13 Å². The van der Waals surface area contributed by atoms with Gasteiger partial charge in [0.25, 0.3) is 5.91 Å². The van der Waals surface area contributed by atoms with Gasteiger partial charge in [-0.25, -0.2) is 4.98 Å². The molecule has 1 amide bonds. The second-order valence-corrected chi connectivity index (χ2v) is 10.0. The maximum absolute atomic E-state index is 12.9. The first-order chi connectivity index (χ1) is 13.7. The van der Waals surface area contributed by atoms with Crippen LogP contribution in [-0.4, -0.2) is 47.4 Å². The highest BCUT2D eigenvalue weighted by atomic mass is 32.2. The number of carbonyl (C=O) groups excluding carboxylic acids is 1. The van der Waals surface area contributed by atoms with Crippen molar-refractivity contribution < 1.29 is 14.4 Å². The minimum Gasteiger partial charge on any atom is -0.389 e. The summed E-state index contributed by atoms with van der Waals surface area (Å²) in [6.45, 7) is 1.16. The van der Waals surface area contributed by atoms with E-state index in [0.717, 1.165) is 21.4 Å². The Bertz CT molecular complexity index is 844. The minimum absolute atomic E-state index is 0.115. The molecule has 1 saturated heterocycles. The van der Waals surface area contributed by atoms with Crippen molar-refractivity contribution in [1.29, 1.82) is 0 Å². The van der Waals surface area contributed by atoms with Crippen LogP contribution in [0.5, 0.6) is 0 Å². The Kier molecular flexibility index (Phi) is 6.56. The average molecular weight is 436 g/mol. The monoisotopic (exact) mass is 435 g/mol. The number of hydrogen-bond acceptors (Lipinski definition) is 8. The van der Waals surface area contributed by atoms with Crippen molar-refractivity contribution in [2.45, 2.75) is 39.7 Å². The van der Waals surface area contributed by atoms with Crippen LogP contribution >= 0.6 is 34.9 Å². The van der Waals surface area contributed by atoms with Crippen molar-refractivity contribution >= 4 is 51.6 Å². The lowest BCUT2D eigenvalue weighted by Crippen LogP contribution is -2.25. The number of nitrogens with one attached hydrogen (secondary N) is 1. The number of carbonyl (C=O) groups is 1. The van der Waals surface area contributed by atoms with Crippen LogP contribution in [0.25, 0.3) is 0 Å². The maximum Gasteiger partial charge on any atom is 0.280 e. The summed E-state index contributed by atoms with van der Waals surface area (Å²) in [4.78, 5) is 23.9. The van der Waals surface area contributed by atoms with E-state index in [9.17, 15) is 4.79 Å². The van der Waals surface area contributed by atoms with Gasteiger partial charge in [0.05, 0.1) is 23.6 Å². The van der Waals surface area contributed by atoms with Crippen LogP contribution in [-0.2, 0) is 14.4 Å². The molecule has 1 atom stereocenters. The summed E-state index contributed by atoms with van der Waals surface area (Å²) in [5, 5.41) is 8.31. The second-order valence-electron chi connectivity index (χ2n) is 6.52. The fourth-order valence-electron chi connectivity index (χ4n) is 2.59. The summed E-state index contributed by atoms with van der Waals surface area (Å²) < 4.78 is 6.35. The molecule has 2 fully saturated rings. The number of thioether (sulfide) groups is 2. The largest absolute Gasteiger partial charge is 0.389 e. The quantitative estimate of drug-likeness (QED) is 0.379. The van der Waals surface area contributed by atoms with Crippen molar-refractivity contribution in [2.75, 3.05) is 24.8 Å². The fraction of sp³-hybridized carbons (Fsp3) is 0.421. The highest BCUT2D eigenvalue weighted by Crippen LogP contribution is 2.39. The number of benzene rings is 1. The average Bonchev–Trinajstić information content (AvgIpc) is 3.18. The standard InChI is InChI=1S/C19H21N3O3S3/c1-26-16-10-20-19(28-16)21-18(23)17(22-25-13-8-9-24-11-13)12-2-4-14(5-3-12)27-15-6-7-15/h2-5,10,13,15H,6-9,11H2,1H3,(H,20,21,23)/b22-17+/t13-/m1/s1. The molecule has 2 aliphatic rings. The van der Waals surface area contributed by atoms with Gasteiger partial charge in [0.1, 0.15) is 0 Å². The lowest BCUT2D eigenvalue weighted by atomic mass is 10.1. The van der Waals surface area contributed by atoms with Gasteiger partial charge < -0.3 is 9.57 Å². The molecule has 1 N–H and O–H groups in total. The molecule has 0 radical (unpaired) electrons. The molecule has 148 valence electrons. The predicted octanol–water partition coefficient (Wildman–Crippen LogP) is 4.27. The minimum atomic E-state index is -0.330. The Morgan fingerprint density at radius 2 is 2.14 bits per heavy atom. The summed E-state index contributed by atoms with van der Waals surface area (Å²) >= 11 is 4.91. The van der Waals surface area contributed by atoms with Gasteiger partial charge in [-0.05, 0) is 31.2 Å². The number of rotatable bonds is 8. The topological polar surface area (TPSA) is 72.8 Å². The first-order valence-electron chi connectivity index (χ1n) is 9.11. The molecule has 9 heteroatoms. The van der Waals surface area contributed by atoms with Crippen LogP contribution in [0.3, 0.4) is 0 Å². The van der Waals surface area contributed by atoms with Gasteiger partial charge >= 0.3 is 0 Å². The van der Waals surface area contributed by atoms with E-state index < -0.39 is 0 Å². The number of amides is 1. The Morgan fingerprint density at radius 3 is 2.79 bits per heavy atom. The van der Waals surface area contributed by atoms with Gasteiger partial charge in [-0.1, -0.05) is 28.6 Å². The molecule has 1 aromatic carbocycles. The summed E-state index contributed by atoms with van der Waals surface area (Å²) in [7, 11) is 0. The smallest absolute Gasteiger partial charge is 0.280 e. The zero-order valence-electron chi connectivity index (χ0n) is 15.4. The molecular formula is C19H21N3O3S3. The number of thiazole rings is 1. The summed E-state index contributed by atoms with van der Waals surface area (Å²) in [6, 6.07) is 7.92. The van der Waals surface area contributed by atoms with Gasteiger partial charge in [0.2, 0.25) is 0 Å². The van der Waals surface area contributed by atoms with Crippen molar-refractivity contribution in [2.24, 2.45) is 5.16 Å². The van der Waals surface area contributed by atoms with Gasteiger partial charge in [0.15, 0.2) is 16.9 Å². The van der Waals surface area contributed by atoms with Crippen LogP contribution in [0.15, 0.2) is 44.7 Å². The molecule has 1 aliphatic carbocycles. The Hall–Kier alpha value is -1.55. The van der Waals surface area contributed by atoms with Crippen LogP contribution in [0, 0.1) is 0 Å². The maximum atomic E-state index is 12.9.